The Bertz CT molecular complexity index is 1090. The molecular formula is C20H22N6O3S. The summed E-state index contributed by atoms with van der Waals surface area (Å²) in [6.07, 6.45) is 7.99. The maximum Gasteiger partial charge on any atom is 0.243 e. The zero-order valence-electron chi connectivity index (χ0n) is 16.5. The first kappa shape index (κ1) is 20.2. The molecule has 156 valence electrons. The van der Waals surface area contributed by atoms with Crippen molar-refractivity contribution in [2.75, 3.05) is 25.5 Å². The lowest BCUT2D eigenvalue weighted by Gasteiger charge is -2.31. The average Bonchev–Trinajstić information content (AvgIpc) is 2.80. The Kier molecular flexibility index (Phi) is 5.86. The van der Waals surface area contributed by atoms with Gasteiger partial charge in [0.2, 0.25) is 16.0 Å². The summed E-state index contributed by atoms with van der Waals surface area (Å²) in [5.41, 5.74) is 0.831. The summed E-state index contributed by atoms with van der Waals surface area (Å²) in [5.74, 6) is 1.77. The van der Waals surface area contributed by atoms with Crippen molar-refractivity contribution in [3.8, 4) is 5.75 Å². The van der Waals surface area contributed by atoms with Gasteiger partial charge in [-0.05, 0) is 43.2 Å². The SMILES string of the molecule is COc1ccc(S(=O)(=O)N2CCC(c3cncc(Nc4ncccn4)n3)CC2)cc1. The van der Waals surface area contributed by atoms with E-state index in [0.717, 1.165) is 5.69 Å². The summed E-state index contributed by atoms with van der Waals surface area (Å²) in [7, 11) is -1.98. The number of rotatable bonds is 6. The average molecular weight is 427 g/mol. The van der Waals surface area contributed by atoms with Gasteiger partial charge < -0.3 is 10.1 Å². The first-order valence-electron chi connectivity index (χ1n) is 9.56. The molecule has 1 saturated heterocycles. The van der Waals surface area contributed by atoms with Gasteiger partial charge >= 0.3 is 0 Å². The summed E-state index contributed by atoms with van der Waals surface area (Å²) in [5, 5.41) is 3.03. The van der Waals surface area contributed by atoms with Gasteiger partial charge in [-0.25, -0.2) is 23.4 Å². The standard InChI is InChI=1S/C20H22N6O3S/c1-29-16-3-5-17(6-4-16)30(27,28)26-11-7-15(8-12-26)18-13-21-14-19(24-18)25-20-22-9-2-10-23-20/h2-6,9-10,13-15H,7-8,11-12H2,1H3,(H,22,23,24,25). The summed E-state index contributed by atoms with van der Waals surface area (Å²) in [4.78, 5) is 17.4. The third-order valence-corrected chi connectivity index (χ3v) is 6.94. The topological polar surface area (TPSA) is 110 Å². The molecule has 2 aromatic heterocycles. The van der Waals surface area contributed by atoms with Crippen LogP contribution in [0.2, 0.25) is 0 Å². The highest BCUT2D eigenvalue weighted by atomic mass is 32.2. The van der Waals surface area contributed by atoms with Crippen LogP contribution in [0, 0.1) is 0 Å². The van der Waals surface area contributed by atoms with Crippen LogP contribution in [0.5, 0.6) is 5.75 Å². The lowest BCUT2D eigenvalue weighted by molar-refractivity contribution is 0.316. The minimum atomic E-state index is -3.53. The quantitative estimate of drug-likeness (QED) is 0.640. The number of sulfonamides is 1. The molecule has 0 spiro atoms. The molecule has 10 heteroatoms. The molecule has 0 aliphatic carbocycles. The number of aromatic nitrogens is 4. The highest BCUT2D eigenvalue weighted by Gasteiger charge is 2.30. The van der Waals surface area contributed by atoms with E-state index in [-0.39, 0.29) is 10.8 Å². The smallest absolute Gasteiger partial charge is 0.243 e. The Labute approximate surface area is 175 Å². The molecule has 1 aliphatic rings. The van der Waals surface area contributed by atoms with Gasteiger partial charge in [0.15, 0.2) is 5.82 Å². The number of nitrogens with zero attached hydrogens (tertiary/aromatic N) is 5. The van der Waals surface area contributed by atoms with Crippen molar-refractivity contribution < 1.29 is 13.2 Å². The second-order valence-corrected chi connectivity index (χ2v) is 8.82. The van der Waals surface area contributed by atoms with Crippen molar-refractivity contribution in [3.05, 3.63) is 60.8 Å². The van der Waals surface area contributed by atoms with Gasteiger partial charge in [0.1, 0.15) is 5.75 Å². The van der Waals surface area contributed by atoms with Crippen LogP contribution in [0.3, 0.4) is 0 Å². The van der Waals surface area contributed by atoms with Crippen molar-refractivity contribution in [3.63, 3.8) is 0 Å². The first-order valence-corrected chi connectivity index (χ1v) is 11.0. The molecule has 0 radical (unpaired) electrons. The number of benzene rings is 1. The summed E-state index contributed by atoms with van der Waals surface area (Å²) in [6.45, 7) is 0.861. The van der Waals surface area contributed by atoms with Crippen LogP contribution < -0.4 is 10.1 Å². The van der Waals surface area contributed by atoms with E-state index in [4.69, 9.17) is 4.74 Å². The van der Waals surface area contributed by atoms with Crippen LogP contribution in [0.25, 0.3) is 0 Å². The van der Waals surface area contributed by atoms with Crippen LogP contribution in [-0.4, -0.2) is 52.9 Å². The molecule has 1 aromatic carbocycles. The summed E-state index contributed by atoms with van der Waals surface area (Å²) >= 11 is 0. The van der Waals surface area contributed by atoms with Crippen molar-refractivity contribution in [1.82, 2.24) is 24.2 Å². The molecule has 0 saturated carbocycles. The Balaban J connectivity index is 1.42. The van der Waals surface area contributed by atoms with Crippen LogP contribution in [0.4, 0.5) is 11.8 Å². The lowest BCUT2D eigenvalue weighted by Crippen LogP contribution is -2.38. The third kappa shape index (κ3) is 4.39. The predicted molar refractivity (Wildman–Crippen MR) is 111 cm³/mol. The Morgan fingerprint density at radius 3 is 2.43 bits per heavy atom. The molecule has 0 atom stereocenters. The molecule has 0 amide bonds. The molecule has 3 aromatic rings. The van der Waals surface area contributed by atoms with Gasteiger partial charge in [0.25, 0.3) is 0 Å². The maximum atomic E-state index is 12.9. The Hall–Kier alpha value is -3.11. The van der Waals surface area contributed by atoms with E-state index in [9.17, 15) is 8.42 Å². The number of ether oxygens (including phenoxy) is 1. The van der Waals surface area contributed by atoms with Crippen LogP contribution in [-0.2, 0) is 10.0 Å². The van der Waals surface area contributed by atoms with E-state index in [1.165, 1.54) is 4.31 Å². The minimum Gasteiger partial charge on any atom is -0.497 e. The molecule has 0 bridgehead atoms. The summed E-state index contributed by atoms with van der Waals surface area (Å²) < 4.78 is 32.5. The van der Waals surface area contributed by atoms with Crippen molar-refractivity contribution in [2.24, 2.45) is 0 Å². The van der Waals surface area contributed by atoms with E-state index in [2.05, 4.69) is 25.3 Å². The van der Waals surface area contributed by atoms with Crippen molar-refractivity contribution in [2.45, 2.75) is 23.7 Å². The predicted octanol–water partition coefficient (Wildman–Crippen LogP) is 2.59. The number of hydrogen-bond donors (Lipinski definition) is 1. The summed E-state index contributed by atoms with van der Waals surface area (Å²) in [6, 6.07) is 8.20. The second kappa shape index (κ2) is 8.72. The van der Waals surface area contributed by atoms with E-state index in [0.29, 0.717) is 43.4 Å². The lowest BCUT2D eigenvalue weighted by atomic mass is 9.95. The fraction of sp³-hybridized carbons (Fsp3) is 0.300. The fourth-order valence-electron chi connectivity index (χ4n) is 3.40. The second-order valence-electron chi connectivity index (χ2n) is 6.88. The van der Waals surface area contributed by atoms with E-state index < -0.39 is 10.0 Å². The molecule has 4 rings (SSSR count). The van der Waals surface area contributed by atoms with E-state index >= 15 is 0 Å². The molecule has 9 nitrogen and oxygen atoms in total. The molecule has 3 heterocycles. The van der Waals surface area contributed by atoms with Gasteiger partial charge in [0, 0.05) is 37.6 Å². The van der Waals surface area contributed by atoms with Gasteiger partial charge in [-0.2, -0.15) is 4.31 Å². The highest BCUT2D eigenvalue weighted by Crippen LogP contribution is 2.30. The molecule has 1 aliphatic heterocycles. The molecule has 1 N–H and O–H groups in total. The zero-order chi connectivity index (χ0) is 21.0. The number of hydrogen-bond acceptors (Lipinski definition) is 8. The van der Waals surface area contributed by atoms with Crippen molar-refractivity contribution in [1.29, 1.82) is 0 Å². The largest absolute Gasteiger partial charge is 0.497 e. The molecule has 0 unspecified atom stereocenters. The minimum absolute atomic E-state index is 0.137. The highest BCUT2D eigenvalue weighted by molar-refractivity contribution is 7.89. The molecule has 30 heavy (non-hydrogen) atoms. The molecule has 1 fully saturated rings. The number of piperidine rings is 1. The number of nitrogens with one attached hydrogen (secondary N) is 1. The number of methoxy groups -OCH3 is 1. The fourth-order valence-corrected chi connectivity index (χ4v) is 4.87. The van der Waals surface area contributed by atoms with Gasteiger partial charge in [-0.15, -0.1) is 0 Å². The van der Waals surface area contributed by atoms with Crippen LogP contribution >= 0.6 is 0 Å². The Morgan fingerprint density at radius 2 is 1.77 bits per heavy atom. The Morgan fingerprint density at radius 1 is 1.07 bits per heavy atom. The first-order chi connectivity index (χ1) is 14.6. The van der Waals surface area contributed by atoms with Gasteiger partial charge in [0.05, 0.1) is 23.9 Å². The van der Waals surface area contributed by atoms with E-state index in [1.807, 2.05) is 0 Å². The van der Waals surface area contributed by atoms with E-state index in [1.54, 1.807) is 62.2 Å². The van der Waals surface area contributed by atoms with Crippen LogP contribution in [0.1, 0.15) is 24.5 Å². The third-order valence-electron chi connectivity index (χ3n) is 5.03. The zero-order valence-corrected chi connectivity index (χ0v) is 17.3. The maximum absolute atomic E-state index is 12.9. The normalized spacial score (nSPS) is 15.6. The van der Waals surface area contributed by atoms with Crippen molar-refractivity contribution >= 4 is 21.8 Å². The van der Waals surface area contributed by atoms with Gasteiger partial charge in [-0.3, -0.25) is 4.98 Å². The monoisotopic (exact) mass is 426 g/mol. The van der Waals surface area contributed by atoms with Crippen LogP contribution in [0.15, 0.2) is 60.0 Å². The number of anilines is 2. The molecular weight excluding hydrogens is 404 g/mol. The van der Waals surface area contributed by atoms with Gasteiger partial charge in [-0.1, -0.05) is 0 Å².